The van der Waals surface area contributed by atoms with E-state index in [-0.39, 0.29) is 0 Å². The second kappa shape index (κ2) is 16.8. The van der Waals surface area contributed by atoms with E-state index in [9.17, 15) is 0 Å². The van der Waals surface area contributed by atoms with E-state index in [1.54, 1.807) is 5.81 Å². The predicted octanol–water partition coefficient (Wildman–Crippen LogP) is 2.15. The van der Waals surface area contributed by atoms with Crippen molar-refractivity contribution in [1.82, 2.24) is 0 Å². The van der Waals surface area contributed by atoms with Crippen LogP contribution in [0.4, 0.5) is 0 Å². The fourth-order valence-electron chi connectivity index (χ4n) is 0. The van der Waals surface area contributed by atoms with Crippen molar-refractivity contribution in [2.45, 2.75) is 26.7 Å². The van der Waals surface area contributed by atoms with Crippen LogP contribution in [0.1, 0.15) is 26.7 Å². The number of hydrogen-bond acceptors (Lipinski definition) is 1. The Morgan fingerprint density at radius 2 is 1.57 bits per heavy atom. The average Bonchev–Trinajstić information content (AvgIpc) is 1.69. The highest BCUT2D eigenvalue weighted by atomic mass is 31.0. The van der Waals surface area contributed by atoms with E-state index in [0.717, 1.165) is 0 Å². The average molecular weight is 117 g/mol. The number of nitriles is 1. The molecule has 0 aromatic carbocycles. The van der Waals surface area contributed by atoms with Crippen LogP contribution in [0.2, 0.25) is 0 Å². The molecule has 0 aliphatic carbocycles. The van der Waals surface area contributed by atoms with Gasteiger partial charge in [0.05, 0.1) is 5.81 Å². The van der Waals surface area contributed by atoms with Gasteiger partial charge in [-0.1, -0.05) is 26.7 Å². The molecule has 42 valence electrons. The van der Waals surface area contributed by atoms with Gasteiger partial charge in [0, 0.05) is 0 Å². The third-order valence-electron chi connectivity index (χ3n) is 0.500. The van der Waals surface area contributed by atoms with Crippen molar-refractivity contribution < 1.29 is 0 Å². The molecular formula is C5H12NP. The smallest absolute Gasteiger partial charge is 0.0804 e. The molecule has 0 aliphatic rings. The molecule has 0 rings (SSSR count). The summed E-state index contributed by atoms with van der Waals surface area (Å²) in [5.74, 6) is 1.67. The van der Waals surface area contributed by atoms with Gasteiger partial charge in [-0.15, -0.1) is 0 Å². The molecule has 0 spiro atoms. The summed E-state index contributed by atoms with van der Waals surface area (Å²) >= 11 is 0. The van der Waals surface area contributed by atoms with E-state index in [2.05, 4.69) is 13.8 Å². The van der Waals surface area contributed by atoms with Crippen molar-refractivity contribution in [3.8, 4) is 5.81 Å². The first kappa shape index (κ1) is 10.0. The third kappa shape index (κ3) is 107. The summed E-state index contributed by atoms with van der Waals surface area (Å²) < 4.78 is 0. The van der Waals surface area contributed by atoms with Gasteiger partial charge in [-0.2, -0.15) is 5.26 Å². The van der Waals surface area contributed by atoms with Gasteiger partial charge >= 0.3 is 0 Å². The Morgan fingerprint density at radius 1 is 1.43 bits per heavy atom. The molecule has 0 radical (unpaired) electrons. The fraction of sp³-hybridized carbons (Fsp3) is 0.800. The lowest BCUT2D eigenvalue weighted by Gasteiger charge is -1.68. The molecule has 2 heteroatoms. The van der Waals surface area contributed by atoms with Crippen LogP contribution >= 0.6 is 9.24 Å². The van der Waals surface area contributed by atoms with Crippen molar-refractivity contribution in [3.63, 3.8) is 0 Å². The molecule has 0 heterocycles. The van der Waals surface area contributed by atoms with E-state index < -0.39 is 0 Å². The summed E-state index contributed by atoms with van der Waals surface area (Å²) in [6.07, 6.45) is 2.64. The summed E-state index contributed by atoms with van der Waals surface area (Å²) in [4.78, 5) is 0. The van der Waals surface area contributed by atoms with E-state index in [1.807, 2.05) is 9.24 Å². The topological polar surface area (TPSA) is 23.8 Å². The van der Waals surface area contributed by atoms with E-state index in [1.165, 1.54) is 12.8 Å². The van der Waals surface area contributed by atoms with Gasteiger partial charge < -0.3 is 0 Å². The van der Waals surface area contributed by atoms with Crippen molar-refractivity contribution in [3.05, 3.63) is 0 Å². The summed E-state index contributed by atoms with van der Waals surface area (Å²) in [6, 6.07) is 0. The zero-order valence-corrected chi connectivity index (χ0v) is 6.09. The van der Waals surface area contributed by atoms with Gasteiger partial charge in [-0.05, 0) is 9.24 Å². The van der Waals surface area contributed by atoms with Crippen molar-refractivity contribution in [1.29, 1.82) is 5.26 Å². The second-order valence-corrected chi connectivity index (χ2v) is 1.39. The minimum atomic E-state index is 1.32. The van der Waals surface area contributed by atoms with Gasteiger partial charge in [0.1, 0.15) is 0 Å². The van der Waals surface area contributed by atoms with E-state index in [4.69, 9.17) is 5.26 Å². The number of unbranched alkanes of at least 4 members (excludes halogenated alkanes) is 1. The lowest BCUT2D eigenvalue weighted by molar-refractivity contribution is 0.886. The van der Waals surface area contributed by atoms with Gasteiger partial charge in [0.15, 0.2) is 0 Å². The molecule has 0 amide bonds. The van der Waals surface area contributed by atoms with E-state index >= 15 is 0 Å². The van der Waals surface area contributed by atoms with E-state index in [0.29, 0.717) is 0 Å². The number of rotatable bonds is 1. The monoisotopic (exact) mass is 117 g/mol. The van der Waals surface area contributed by atoms with Gasteiger partial charge in [-0.25, -0.2) is 0 Å². The fourth-order valence-corrected chi connectivity index (χ4v) is 0. The summed E-state index contributed by atoms with van der Waals surface area (Å²) in [6.45, 7) is 4.36. The zero-order valence-electron chi connectivity index (χ0n) is 4.94. The molecule has 0 aromatic rings. The molecule has 1 atom stereocenters. The molecule has 0 N–H and O–H groups in total. The predicted molar refractivity (Wildman–Crippen MR) is 35.9 cm³/mol. The van der Waals surface area contributed by atoms with Crippen LogP contribution in [0.25, 0.3) is 0 Å². The first-order valence-electron chi connectivity index (χ1n) is 2.43. The normalized spacial score (nSPS) is 5.43. The minimum absolute atomic E-state index is 1.32. The Labute approximate surface area is 47.9 Å². The molecule has 0 fully saturated rings. The van der Waals surface area contributed by atoms with Crippen LogP contribution < -0.4 is 0 Å². The van der Waals surface area contributed by atoms with Gasteiger partial charge in [0.2, 0.25) is 0 Å². The quantitative estimate of drug-likeness (QED) is 0.483. The summed E-state index contributed by atoms with van der Waals surface area (Å²) in [7, 11) is 1.88. The standard InChI is InChI=1S/C4H10.CH2NP/c1-3-4-2;2-1-3/h3-4H2,1-2H3;3H2. The summed E-state index contributed by atoms with van der Waals surface area (Å²) in [5, 5.41) is 7.28. The Kier molecular flexibility index (Phi) is 24.1. The van der Waals surface area contributed by atoms with Gasteiger partial charge in [-0.3, -0.25) is 0 Å². The van der Waals surface area contributed by atoms with Gasteiger partial charge in [0.25, 0.3) is 0 Å². The number of hydrogen-bond donors (Lipinski definition) is 0. The molecule has 0 aromatic heterocycles. The Bertz CT molecular complexity index is 44.5. The number of nitrogens with zero attached hydrogens (tertiary/aromatic N) is 1. The molecule has 0 saturated carbocycles. The molecule has 7 heavy (non-hydrogen) atoms. The van der Waals surface area contributed by atoms with Crippen molar-refractivity contribution in [2.75, 3.05) is 0 Å². The zero-order chi connectivity index (χ0) is 6.12. The van der Waals surface area contributed by atoms with Crippen LogP contribution in [0.5, 0.6) is 0 Å². The maximum atomic E-state index is 7.28. The maximum absolute atomic E-state index is 7.28. The van der Waals surface area contributed by atoms with Crippen LogP contribution in [-0.2, 0) is 0 Å². The third-order valence-corrected chi connectivity index (χ3v) is 0.500. The second-order valence-electron chi connectivity index (χ2n) is 1.13. The Balaban J connectivity index is 0. The molecule has 0 bridgehead atoms. The molecular weight excluding hydrogens is 105 g/mol. The first-order chi connectivity index (χ1) is 3.33. The van der Waals surface area contributed by atoms with Crippen LogP contribution in [0.3, 0.4) is 0 Å². The Morgan fingerprint density at radius 3 is 1.57 bits per heavy atom. The van der Waals surface area contributed by atoms with Crippen molar-refractivity contribution in [2.24, 2.45) is 0 Å². The maximum Gasteiger partial charge on any atom is 0.0804 e. The molecule has 0 aliphatic heterocycles. The minimum Gasteiger partial charge on any atom is -0.194 e. The lowest BCUT2D eigenvalue weighted by atomic mass is 10.4. The molecule has 0 saturated heterocycles. The van der Waals surface area contributed by atoms with Crippen molar-refractivity contribution >= 4 is 9.24 Å². The first-order valence-corrected chi connectivity index (χ1v) is 3.00. The Hall–Kier alpha value is -0.0800. The SMILES string of the molecule is CCCC.N#CP. The van der Waals surface area contributed by atoms with Crippen LogP contribution in [0.15, 0.2) is 0 Å². The highest BCUT2D eigenvalue weighted by molar-refractivity contribution is 7.23. The highest BCUT2D eigenvalue weighted by Gasteiger charge is 1.56. The summed E-state index contributed by atoms with van der Waals surface area (Å²) in [5.41, 5.74) is 0. The van der Waals surface area contributed by atoms with Crippen LogP contribution in [-0.4, -0.2) is 0 Å². The van der Waals surface area contributed by atoms with Crippen LogP contribution in [0, 0.1) is 11.1 Å². The lowest BCUT2D eigenvalue weighted by Crippen LogP contribution is -1.47. The highest BCUT2D eigenvalue weighted by Crippen LogP contribution is 1.76. The molecule has 1 unspecified atom stereocenters. The molecule has 1 nitrogen and oxygen atoms in total. The largest absolute Gasteiger partial charge is 0.194 e.